The summed E-state index contributed by atoms with van der Waals surface area (Å²) in [5.74, 6) is 0.447. The first kappa shape index (κ1) is 21.0. The van der Waals surface area contributed by atoms with Crippen molar-refractivity contribution in [3.05, 3.63) is 65.7 Å². The van der Waals surface area contributed by atoms with Gasteiger partial charge in [0.2, 0.25) is 0 Å². The molecule has 1 N–H and O–H groups in total. The molecule has 0 aliphatic rings. The monoisotopic (exact) mass is 383 g/mol. The number of benzene rings is 2. The first-order chi connectivity index (χ1) is 13.5. The van der Waals surface area contributed by atoms with Crippen LogP contribution in [0.25, 0.3) is 6.08 Å². The normalized spacial score (nSPS) is 11.7. The third-order valence-electron chi connectivity index (χ3n) is 4.11. The number of ether oxygens (including phenoxy) is 3. The van der Waals surface area contributed by atoms with E-state index in [0.29, 0.717) is 23.6 Å². The van der Waals surface area contributed by atoms with Crippen LogP contribution in [0.5, 0.6) is 11.5 Å². The summed E-state index contributed by atoms with van der Waals surface area (Å²) in [6.07, 6.45) is 2.83. The number of carbonyl (C=O) groups is 2. The zero-order valence-corrected chi connectivity index (χ0v) is 16.3. The second-order valence-corrected chi connectivity index (χ2v) is 6.20. The molecule has 0 radical (unpaired) electrons. The molecular weight excluding hydrogens is 358 g/mol. The maximum Gasteiger partial charge on any atom is 0.331 e. The number of esters is 1. The molecule has 2 rings (SSSR count). The number of nitrogens with one attached hydrogen (secondary N) is 1. The van der Waals surface area contributed by atoms with Crippen molar-refractivity contribution in [2.45, 2.75) is 12.8 Å². The smallest absolute Gasteiger partial charge is 0.331 e. The number of hydrogen-bond donors (Lipinski definition) is 1. The lowest BCUT2D eigenvalue weighted by Gasteiger charge is -2.12. The summed E-state index contributed by atoms with van der Waals surface area (Å²) in [6, 6.07) is 15.1. The second-order valence-electron chi connectivity index (χ2n) is 6.20. The molecule has 148 valence electrons. The quantitative estimate of drug-likeness (QED) is 0.532. The van der Waals surface area contributed by atoms with Crippen molar-refractivity contribution in [2.75, 3.05) is 27.4 Å². The molecule has 0 aromatic heterocycles. The van der Waals surface area contributed by atoms with E-state index in [1.807, 2.05) is 37.3 Å². The second kappa shape index (κ2) is 10.8. The van der Waals surface area contributed by atoms with E-state index in [2.05, 4.69) is 5.32 Å². The number of hydrogen-bond acceptors (Lipinski definition) is 5. The number of methoxy groups -OCH3 is 2. The van der Waals surface area contributed by atoms with Crippen LogP contribution in [0, 0.1) is 0 Å². The highest BCUT2D eigenvalue weighted by Gasteiger charge is 2.09. The number of carbonyl (C=O) groups excluding carboxylic acids is 2. The fourth-order valence-electron chi connectivity index (χ4n) is 2.49. The van der Waals surface area contributed by atoms with Gasteiger partial charge in [-0.15, -0.1) is 0 Å². The van der Waals surface area contributed by atoms with Crippen molar-refractivity contribution in [1.29, 1.82) is 0 Å². The maximum absolute atomic E-state index is 11.9. The Bertz CT molecular complexity index is 795. The molecule has 0 saturated carbocycles. The van der Waals surface area contributed by atoms with Crippen LogP contribution in [0.15, 0.2) is 54.6 Å². The minimum atomic E-state index is -0.604. The van der Waals surface area contributed by atoms with E-state index in [0.717, 1.165) is 5.56 Å². The van der Waals surface area contributed by atoms with Gasteiger partial charge in [0, 0.05) is 18.7 Å². The van der Waals surface area contributed by atoms with Gasteiger partial charge in [-0.05, 0) is 35.3 Å². The summed E-state index contributed by atoms with van der Waals surface area (Å²) in [4.78, 5) is 23.7. The van der Waals surface area contributed by atoms with Gasteiger partial charge in [-0.3, -0.25) is 4.79 Å². The van der Waals surface area contributed by atoms with Crippen molar-refractivity contribution >= 4 is 18.0 Å². The van der Waals surface area contributed by atoms with Gasteiger partial charge in [0.1, 0.15) is 11.5 Å². The summed E-state index contributed by atoms with van der Waals surface area (Å²) < 4.78 is 15.3. The first-order valence-corrected chi connectivity index (χ1v) is 8.91. The van der Waals surface area contributed by atoms with Crippen LogP contribution in [0.3, 0.4) is 0 Å². The lowest BCUT2D eigenvalue weighted by molar-refractivity contribution is -0.143. The Labute approximate surface area is 165 Å². The van der Waals surface area contributed by atoms with Crippen LogP contribution in [-0.2, 0) is 14.3 Å². The van der Waals surface area contributed by atoms with E-state index >= 15 is 0 Å². The summed E-state index contributed by atoms with van der Waals surface area (Å²) in [5, 5.41) is 2.77. The average Bonchev–Trinajstić information content (AvgIpc) is 2.74. The molecule has 0 aliphatic carbocycles. The van der Waals surface area contributed by atoms with Crippen LogP contribution in [0.4, 0.5) is 0 Å². The lowest BCUT2D eigenvalue weighted by Crippen LogP contribution is -2.31. The SMILES string of the molecule is COc1cc(/C=C/C(=O)OCC(=O)NC[C@H](C)c2ccccc2)cc(OC)c1. The van der Waals surface area contributed by atoms with Crippen LogP contribution in [0.1, 0.15) is 24.0 Å². The van der Waals surface area contributed by atoms with E-state index in [1.165, 1.54) is 6.08 Å². The van der Waals surface area contributed by atoms with Gasteiger partial charge < -0.3 is 19.5 Å². The van der Waals surface area contributed by atoms with Crippen molar-refractivity contribution in [3.8, 4) is 11.5 Å². The molecule has 0 heterocycles. The molecule has 1 amide bonds. The molecule has 0 aliphatic heterocycles. The highest BCUT2D eigenvalue weighted by atomic mass is 16.5. The maximum atomic E-state index is 11.9. The third-order valence-corrected chi connectivity index (χ3v) is 4.11. The minimum Gasteiger partial charge on any atom is -0.497 e. The molecule has 28 heavy (non-hydrogen) atoms. The van der Waals surface area contributed by atoms with E-state index in [9.17, 15) is 9.59 Å². The zero-order chi connectivity index (χ0) is 20.4. The Kier molecular flexibility index (Phi) is 8.09. The molecule has 2 aromatic carbocycles. The van der Waals surface area contributed by atoms with Gasteiger partial charge in [0.05, 0.1) is 14.2 Å². The third kappa shape index (κ3) is 6.79. The number of rotatable bonds is 9. The van der Waals surface area contributed by atoms with Crippen molar-refractivity contribution in [1.82, 2.24) is 5.32 Å². The van der Waals surface area contributed by atoms with Gasteiger partial charge in [-0.25, -0.2) is 4.79 Å². The molecule has 0 fully saturated rings. The van der Waals surface area contributed by atoms with Crippen molar-refractivity contribution < 1.29 is 23.8 Å². The van der Waals surface area contributed by atoms with Crippen LogP contribution in [0.2, 0.25) is 0 Å². The van der Waals surface area contributed by atoms with Gasteiger partial charge in [0.25, 0.3) is 5.91 Å². The largest absolute Gasteiger partial charge is 0.497 e. The van der Waals surface area contributed by atoms with E-state index < -0.39 is 5.97 Å². The Morgan fingerprint density at radius 3 is 2.29 bits per heavy atom. The van der Waals surface area contributed by atoms with E-state index in [-0.39, 0.29) is 18.4 Å². The summed E-state index contributed by atoms with van der Waals surface area (Å²) >= 11 is 0. The highest BCUT2D eigenvalue weighted by molar-refractivity contribution is 5.89. The lowest BCUT2D eigenvalue weighted by atomic mass is 10.0. The van der Waals surface area contributed by atoms with Gasteiger partial charge in [-0.1, -0.05) is 37.3 Å². The Hall–Kier alpha value is -3.28. The molecule has 2 aromatic rings. The van der Waals surface area contributed by atoms with Crippen LogP contribution >= 0.6 is 0 Å². The van der Waals surface area contributed by atoms with Crippen molar-refractivity contribution in [2.24, 2.45) is 0 Å². The summed E-state index contributed by atoms with van der Waals surface area (Å²) in [5.41, 5.74) is 1.85. The van der Waals surface area contributed by atoms with E-state index in [4.69, 9.17) is 14.2 Å². The minimum absolute atomic E-state index is 0.170. The molecule has 0 saturated heterocycles. The average molecular weight is 383 g/mol. The topological polar surface area (TPSA) is 73.9 Å². The molecule has 0 unspecified atom stereocenters. The molecule has 6 heteroatoms. The fraction of sp³-hybridized carbons (Fsp3) is 0.273. The van der Waals surface area contributed by atoms with Crippen molar-refractivity contribution in [3.63, 3.8) is 0 Å². The standard InChI is InChI=1S/C22H25NO5/c1-16(18-7-5-4-6-8-18)14-23-21(24)15-28-22(25)10-9-17-11-19(26-2)13-20(12-17)27-3/h4-13,16H,14-15H2,1-3H3,(H,23,24)/b10-9+/t16-/m0/s1. The predicted octanol–water partition coefficient (Wildman–Crippen LogP) is 3.18. The molecule has 0 bridgehead atoms. The first-order valence-electron chi connectivity index (χ1n) is 8.91. The molecule has 6 nitrogen and oxygen atoms in total. The molecular formula is C22H25NO5. The van der Waals surface area contributed by atoms with Crippen LogP contribution < -0.4 is 14.8 Å². The van der Waals surface area contributed by atoms with Crippen LogP contribution in [-0.4, -0.2) is 39.2 Å². The summed E-state index contributed by atoms with van der Waals surface area (Å²) in [6.45, 7) is 2.17. The van der Waals surface area contributed by atoms with E-state index in [1.54, 1.807) is 38.5 Å². The zero-order valence-electron chi connectivity index (χ0n) is 16.3. The predicted molar refractivity (Wildman–Crippen MR) is 107 cm³/mol. The van der Waals surface area contributed by atoms with Gasteiger partial charge in [0.15, 0.2) is 6.61 Å². The Morgan fingerprint density at radius 2 is 1.68 bits per heavy atom. The highest BCUT2D eigenvalue weighted by Crippen LogP contribution is 2.23. The summed E-state index contributed by atoms with van der Waals surface area (Å²) in [7, 11) is 3.10. The number of amides is 1. The van der Waals surface area contributed by atoms with Gasteiger partial charge in [-0.2, -0.15) is 0 Å². The Morgan fingerprint density at radius 1 is 1.04 bits per heavy atom. The fourth-order valence-corrected chi connectivity index (χ4v) is 2.49. The Balaban J connectivity index is 1.78. The van der Waals surface area contributed by atoms with Gasteiger partial charge >= 0.3 is 5.97 Å². The molecule has 1 atom stereocenters. The molecule has 0 spiro atoms.